The van der Waals surface area contributed by atoms with Crippen LogP contribution in [0, 0.1) is 0 Å². The molecule has 0 aliphatic heterocycles. The molecule has 0 aromatic rings. The summed E-state index contributed by atoms with van der Waals surface area (Å²) in [6, 6.07) is -1.36. The fraction of sp³-hybridized carbons (Fsp3) is 0.545. The fourth-order valence-corrected chi connectivity index (χ4v) is 1.26. The Morgan fingerprint density at radius 3 is 1.95 bits per heavy atom. The normalized spacial score (nSPS) is 11.1. The summed E-state index contributed by atoms with van der Waals surface area (Å²) in [5, 5.41) is 23.7. The van der Waals surface area contributed by atoms with Gasteiger partial charge in [0.2, 0.25) is 17.7 Å². The van der Waals surface area contributed by atoms with E-state index in [-0.39, 0.29) is 19.5 Å². The van der Waals surface area contributed by atoms with Gasteiger partial charge < -0.3 is 31.9 Å². The van der Waals surface area contributed by atoms with Gasteiger partial charge in [0, 0.05) is 6.42 Å². The SMILES string of the molecule is NCC(=O)NCC(=O)NCC(=O)NC(CCC(=O)O)C(=O)O. The summed E-state index contributed by atoms with van der Waals surface area (Å²) in [6.07, 6.45) is -0.703. The van der Waals surface area contributed by atoms with Crippen molar-refractivity contribution in [1.82, 2.24) is 16.0 Å². The molecule has 0 bridgehead atoms. The van der Waals surface area contributed by atoms with E-state index in [1.54, 1.807) is 0 Å². The highest BCUT2D eigenvalue weighted by Crippen LogP contribution is 1.97. The molecule has 0 aromatic carbocycles. The quantitative estimate of drug-likeness (QED) is 0.240. The van der Waals surface area contributed by atoms with Crippen molar-refractivity contribution in [3.8, 4) is 0 Å². The average Bonchev–Trinajstić information content (AvgIpc) is 2.46. The second-order valence-electron chi connectivity index (χ2n) is 4.15. The van der Waals surface area contributed by atoms with Gasteiger partial charge in [-0.25, -0.2) is 4.79 Å². The first-order chi connectivity index (χ1) is 10.3. The Morgan fingerprint density at radius 1 is 0.909 bits per heavy atom. The number of hydrogen-bond donors (Lipinski definition) is 6. The van der Waals surface area contributed by atoms with Crippen LogP contribution in [0.15, 0.2) is 0 Å². The van der Waals surface area contributed by atoms with Crippen LogP contribution in [0.25, 0.3) is 0 Å². The first kappa shape index (κ1) is 19.3. The summed E-state index contributed by atoms with van der Waals surface area (Å²) in [5.41, 5.74) is 5.01. The molecule has 0 rings (SSSR count). The number of amides is 3. The number of carbonyl (C=O) groups is 5. The Labute approximate surface area is 125 Å². The minimum atomic E-state index is -1.38. The first-order valence-corrected chi connectivity index (χ1v) is 6.23. The Hall–Kier alpha value is -2.69. The van der Waals surface area contributed by atoms with Crippen LogP contribution in [0.3, 0.4) is 0 Å². The number of carboxylic acid groups (broad SMARTS) is 2. The van der Waals surface area contributed by atoms with Crippen molar-refractivity contribution in [2.24, 2.45) is 5.73 Å². The lowest BCUT2D eigenvalue weighted by molar-refractivity contribution is -0.143. The third kappa shape index (κ3) is 9.25. The lowest BCUT2D eigenvalue weighted by Gasteiger charge is -2.13. The molecule has 0 saturated heterocycles. The number of hydrogen-bond acceptors (Lipinski definition) is 6. The van der Waals surface area contributed by atoms with Gasteiger partial charge in [-0.15, -0.1) is 0 Å². The molecule has 3 amide bonds. The van der Waals surface area contributed by atoms with E-state index in [1.165, 1.54) is 0 Å². The van der Waals surface area contributed by atoms with E-state index in [9.17, 15) is 24.0 Å². The maximum atomic E-state index is 11.5. The van der Waals surface area contributed by atoms with Crippen LogP contribution < -0.4 is 21.7 Å². The molecular weight excluding hydrogens is 300 g/mol. The van der Waals surface area contributed by atoms with Gasteiger partial charge in [0.15, 0.2) is 0 Å². The Balaban J connectivity index is 4.13. The molecule has 0 heterocycles. The van der Waals surface area contributed by atoms with Gasteiger partial charge >= 0.3 is 11.9 Å². The number of aliphatic carboxylic acids is 2. The standard InChI is InChI=1S/C11H18N4O7/c12-3-7(16)13-4-8(17)14-5-9(18)15-6(11(21)22)1-2-10(19)20/h6H,1-5,12H2,(H,13,16)(H,14,17)(H,15,18)(H,19,20)(H,21,22). The third-order valence-corrected chi connectivity index (χ3v) is 2.36. The van der Waals surface area contributed by atoms with E-state index < -0.39 is 48.7 Å². The molecule has 1 atom stereocenters. The Kier molecular flexibility index (Phi) is 8.86. The first-order valence-electron chi connectivity index (χ1n) is 6.23. The van der Waals surface area contributed by atoms with Crippen LogP contribution in [0.5, 0.6) is 0 Å². The zero-order valence-corrected chi connectivity index (χ0v) is 11.6. The van der Waals surface area contributed by atoms with Crippen LogP contribution in [0.1, 0.15) is 12.8 Å². The molecule has 11 nitrogen and oxygen atoms in total. The van der Waals surface area contributed by atoms with E-state index in [0.717, 1.165) is 0 Å². The highest BCUT2D eigenvalue weighted by atomic mass is 16.4. The molecule has 7 N–H and O–H groups in total. The molecule has 0 aliphatic rings. The second-order valence-corrected chi connectivity index (χ2v) is 4.15. The monoisotopic (exact) mass is 318 g/mol. The summed E-state index contributed by atoms with van der Waals surface area (Å²) in [4.78, 5) is 54.7. The summed E-state index contributed by atoms with van der Waals surface area (Å²) in [6.45, 7) is -1.16. The van der Waals surface area contributed by atoms with E-state index in [0.29, 0.717) is 0 Å². The minimum absolute atomic E-state index is 0.280. The highest BCUT2D eigenvalue weighted by molar-refractivity contribution is 5.90. The highest BCUT2D eigenvalue weighted by Gasteiger charge is 2.21. The molecule has 0 fully saturated rings. The average molecular weight is 318 g/mol. The van der Waals surface area contributed by atoms with Crippen LogP contribution in [0.2, 0.25) is 0 Å². The summed E-state index contributed by atoms with van der Waals surface area (Å²) in [5.74, 6) is -4.56. The molecule has 11 heteroatoms. The molecule has 0 aromatic heterocycles. The fourth-order valence-electron chi connectivity index (χ4n) is 1.26. The van der Waals surface area contributed by atoms with Crippen molar-refractivity contribution >= 4 is 29.7 Å². The van der Waals surface area contributed by atoms with Crippen molar-refractivity contribution in [3.05, 3.63) is 0 Å². The molecule has 0 radical (unpaired) electrons. The molecule has 124 valence electrons. The van der Waals surface area contributed by atoms with Gasteiger partial charge in [0.1, 0.15) is 6.04 Å². The minimum Gasteiger partial charge on any atom is -0.481 e. The number of carbonyl (C=O) groups excluding carboxylic acids is 3. The molecular formula is C11H18N4O7. The van der Waals surface area contributed by atoms with Gasteiger partial charge in [0.25, 0.3) is 0 Å². The lowest BCUT2D eigenvalue weighted by Crippen LogP contribution is -2.47. The van der Waals surface area contributed by atoms with Crippen LogP contribution in [-0.4, -0.2) is 65.5 Å². The second kappa shape index (κ2) is 10.1. The topological polar surface area (TPSA) is 188 Å². The summed E-state index contributed by atoms with van der Waals surface area (Å²) < 4.78 is 0. The number of rotatable bonds is 10. The zero-order chi connectivity index (χ0) is 17.1. The van der Waals surface area contributed by atoms with Gasteiger partial charge in [-0.3, -0.25) is 19.2 Å². The van der Waals surface area contributed by atoms with E-state index in [1.807, 2.05) is 0 Å². The van der Waals surface area contributed by atoms with Crippen molar-refractivity contribution in [3.63, 3.8) is 0 Å². The van der Waals surface area contributed by atoms with Crippen LogP contribution in [-0.2, 0) is 24.0 Å². The van der Waals surface area contributed by atoms with Gasteiger partial charge in [0.05, 0.1) is 19.6 Å². The molecule has 0 saturated carbocycles. The predicted octanol–water partition coefficient (Wildman–Crippen LogP) is -3.39. The van der Waals surface area contributed by atoms with Crippen molar-refractivity contribution < 1.29 is 34.2 Å². The van der Waals surface area contributed by atoms with Crippen LogP contribution in [0.4, 0.5) is 0 Å². The summed E-state index contributed by atoms with van der Waals surface area (Å²) in [7, 11) is 0. The van der Waals surface area contributed by atoms with E-state index in [2.05, 4.69) is 16.0 Å². The smallest absolute Gasteiger partial charge is 0.326 e. The Bertz CT molecular complexity index is 452. The van der Waals surface area contributed by atoms with Gasteiger partial charge in [-0.2, -0.15) is 0 Å². The van der Waals surface area contributed by atoms with Crippen molar-refractivity contribution in [2.45, 2.75) is 18.9 Å². The lowest BCUT2D eigenvalue weighted by atomic mass is 10.1. The van der Waals surface area contributed by atoms with E-state index >= 15 is 0 Å². The van der Waals surface area contributed by atoms with Crippen molar-refractivity contribution in [2.75, 3.05) is 19.6 Å². The van der Waals surface area contributed by atoms with Gasteiger partial charge in [-0.1, -0.05) is 0 Å². The van der Waals surface area contributed by atoms with E-state index in [4.69, 9.17) is 15.9 Å². The molecule has 1 unspecified atom stereocenters. The third-order valence-electron chi connectivity index (χ3n) is 2.36. The molecule has 22 heavy (non-hydrogen) atoms. The van der Waals surface area contributed by atoms with Crippen molar-refractivity contribution in [1.29, 1.82) is 0 Å². The molecule has 0 spiro atoms. The zero-order valence-electron chi connectivity index (χ0n) is 11.6. The maximum absolute atomic E-state index is 11.5. The maximum Gasteiger partial charge on any atom is 0.326 e. The Morgan fingerprint density at radius 2 is 1.45 bits per heavy atom. The summed E-state index contributed by atoms with van der Waals surface area (Å²) >= 11 is 0. The molecule has 0 aliphatic carbocycles. The largest absolute Gasteiger partial charge is 0.481 e. The van der Waals surface area contributed by atoms with Crippen LogP contribution >= 0.6 is 0 Å². The number of carboxylic acids is 2. The predicted molar refractivity (Wildman–Crippen MR) is 71.5 cm³/mol. The van der Waals surface area contributed by atoms with Gasteiger partial charge in [-0.05, 0) is 6.42 Å². The number of nitrogens with two attached hydrogens (primary N) is 1. The number of nitrogens with one attached hydrogen (secondary N) is 3.